The number of nitrogens with one attached hydrogen (secondary N) is 1. The largest absolute Gasteiger partial charge is 0.508 e. The lowest BCUT2D eigenvalue weighted by molar-refractivity contribution is 0.475. The van der Waals surface area contributed by atoms with E-state index in [4.69, 9.17) is 0 Å². The second-order valence-corrected chi connectivity index (χ2v) is 3.68. The van der Waals surface area contributed by atoms with Crippen molar-refractivity contribution in [3.63, 3.8) is 0 Å². The fraction of sp³-hybridized carbons (Fsp3) is 0. The molecule has 0 atom stereocenters. The standard InChI is InChI=1S/C12H9N3O2/c16-9-3-1-2-8(6-9)15-5-4-10-11(12(15)17)14-7-13-10/h1-7,16H,(H,13,14). The highest BCUT2D eigenvalue weighted by molar-refractivity contribution is 5.73. The van der Waals surface area contributed by atoms with Gasteiger partial charge in [0.05, 0.1) is 17.5 Å². The van der Waals surface area contributed by atoms with E-state index >= 15 is 0 Å². The maximum atomic E-state index is 12.1. The van der Waals surface area contributed by atoms with E-state index < -0.39 is 0 Å². The van der Waals surface area contributed by atoms with Crippen molar-refractivity contribution >= 4 is 11.0 Å². The first kappa shape index (κ1) is 9.65. The highest BCUT2D eigenvalue weighted by Crippen LogP contribution is 2.14. The van der Waals surface area contributed by atoms with E-state index in [1.165, 1.54) is 17.0 Å². The molecule has 2 aromatic heterocycles. The maximum absolute atomic E-state index is 12.1. The minimum absolute atomic E-state index is 0.122. The van der Waals surface area contributed by atoms with Crippen LogP contribution in [-0.2, 0) is 0 Å². The number of hydrogen-bond donors (Lipinski definition) is 2. The first-order valence-corrected chi connectivity index (χ1v) is 5.10. The molecule has 0 radical (unpaired) electrons. The third-order valence-corrected chi connectivity index (χ3v) is 2.59. The van der Waals surface area contributed by atoms with Crippen LogP contribution in [0.4, 0.5) is 0 Å². The maximum Gasteiger partial charge on any atom is 0.283 e. The van der Waals surface area contributed by atoms with Gasteiger partial charge in [0.15, 0.2) is 5.52 Å². The summed E-state index contributed by atoms with van der Waals surface area (Å²) in [5, 5.41) is 9.40. The molecule has 1 aromatic carbocycles. The average Bonchev–Trinajstić information content (AvgIpc) is 2.78. The molecule has 3 aromatic rings. The Hall–Kier alpha value is -2.56. The molecule has 84 valence electrons. The molecule has 2 heterocycles. The Morgan fingerprint density at radius 1 is 1.29 bits per heavy atom. The Bertz CT molecular complexity index is 743. The number of fused-ring (bicyclic) bond motifs is 1. The lowest BCUT2D eigenvalue weighted by atomic mass is 10.3. The second kappa shape index (κ2) is 3.48. The summed E-state index contributed by atoms with van der Waals surface area (Å²) in [5.74, 6) is 0.122. The fourth-order valence-electron chi connectivity index (χ4n) is 1.78. The number of nitrogens with zero attached hydrogens (tertiary/aromatic N) is 2. The molecule has 0 aliphatic carbocycles. The fourth-order valence-corrected chi connectivity index (χ4v) is 1.78. The van der Waals surface area contributed by atoms with Crippen molar-refractivity contribution < 1.29 is 5.11 Å². The molecule has 0 spiro atoms. The molecule has 2 N–H and O–H groups in total. The van der Waals surface area contributed by atoms with Crippen LogP contribution >= 0.6 is 0 Å². The molecule has 0 bridgehead atoms. The Kier molecular flexibility index (Phi) is 1.98. The summed E-state index contributed by atoms with van der Waals surface area (Å²) in [6.45, 7) is 0. The van der Waals surface area contributed by atoms with Gasteiger partial charge in [0, 0.05) is 12.3 Å². The van der Waals surface area contributed by atoms with Crippen LogP contribution in [0.2, 0.25) is 0 Å². The molecule has 5 heteroatoms. The summed E-state index contributed by atoms with van der Waals surface area (Å²) in [6, 6.07) is 8.29. The van der Waals surface area contributed by atoms with Gasteiger partial charge in [0.25, 0.3) is 5.56 Å². The van der Waals surface area contributed by atoms with Gasteiger partial charge in [-0.15, -0.1) is 0 Å². The molecule has 5 nitrogen and oxygen atoms in total. The summed E-state index contributed by atoms with van der Waals surface area (Å²) in [5.41, 5.74) is 1.48. The first-order valence-electron chi connectivity index (χ1n) is 5.10. The molecule has 3 rings (SSSR count). The number of hydrogen-bond acceptors (Lipinski definition) is 3. The van der Waals surface area contributed by atoms with Gasteiger partial charge in [-0.1, -0.05) is 6.07 Å². The van der Waals surface area contributed by atoms with Crippen molar-refractivity contribution in [1.82, 2.24) is 14.5 Å². The lowest BCUT2D eigenvalue weighted by Crippen LogP contribution is -2.17. The van der Waals surface area contributed by atoms with Crippen molar-refractivity contribution in [3.8, 4) is 11.4 Å². The Balaban J connectivity index is 2.31. The SMILES string of the molecule is O=c1c2nc[nH]c2ccn1-c1cccc(O)c1. The molecule has 0 fully saturated rings. The van der Waals surface area contributed by atoms with Crippen LogP contribution in [0, 0.1) is 0 Å². The van der Waals surface area contributed by atoms with Gasteiger partial charge in [-0.3, -0.25) is 9.36 Å². The number of rotatable bonds is 1. The summed E-state index contributed by atoms with van der Waals surface area (Å²) in [7, 11) is 0. The monoisotopic (exact) mass is 227 g/mol. The lowest BCUT2D eigenvalue weighted by Gasteiger charge is -2.05. The number of benzene rings is 1. The third kappa shape index (κ3) is 1.48. The molecule has 0 amide bonds. The van der Waals surface area contributed by atoms with Crippen molar-refractivity contribution in [2.75, 3.05) is 0 Å². The average molecular weight is 227 g/mol. The van der Waals surface area contributed by atoms with Crippen molar-refractivity contribution in [2.24, 2.45) is 0 Å². The highest BCUT2D eigenvalue weighted by atomic mass is 16.3. The van der Waals surface area contributed by atoms with Gasteiger partial charge in [-0.2, -0.15) is 0 Å². The number of imidazole rings is 1. The molecule has 0 unspecified atom stereocenters. The van der Waals surface area contributed by atoms with Crippen LogP contribution in [-0.4, -0.2) is 19.6 Å². The van der Waals surface area contributed by atoms with E-state index in [9.17, 15) is 9.90 Å². The molecule has 0 saturated heterocycles. The number of phenols is 1. The minimum Gasteiger partial charge on any atom is -0.508 e. The molecule has 17 heavy (non-hydrogen) atoms. The van der Waals surface area contributed by atoms with Crippen molar-refractivity contribution in [1.29, 1.82) is 0 Å². The zero-order valence-electron chi connectivity index (χ0n) is 8.79. The van der Waals surface area contributed by atoms with Crippen LogP contribution in [0.25, 0.3) is 16.7 Å². The predicted octanol–water partition coefficient (Wildman–Crippen LogP) is 1.42. The Labute approximate surface area is 96.0 Å². The smallest absolute Gasteiger partial charge is 0.283 e. The van der Waals surface area contributed by atoms with Gasteiger partial charge >= 0.3 is 0 Å². The second-order valence-electron chi connectivity index (χ2n) is 3.68. The van der Waals surface area contributed by atoms with Crippen LogP contribution in [0.15, 0.2) is 47.7 Å². The topological polar surface area (TPSA) is 70.9 Å². The van der Waals surface area contributed by atoms with Crippen LogP contribution in [0.5, 0.6) is 5.75 Å². The van der Waals surface area contributed by atoms with Crippen LogP contribution in [0.3, 0.4) is 0 Å². The van der Waals surface area contributed by atoms with Gasteiger partial charge in [0.1, 0.15) is 5.75 Å². The zero-order valence-corrected chi connectivity index (χ0v) is 8.79. The summed E-state index contributed by atoms with van der Waals surface area (Å²) < 4.78 is 1.45. The number of phenolic OH excluding ortho intramolecular Hbond substituents is 1. The van der Waals surface area contributed by atoms with E-state index in [2.05, 4.69) is 9.97 Å². The predicted molar refractivity (Wildman–Crippen MR) is 63.4 cm³/mol. The van der Waals surface area contributed by atoms with Crippen LogP contribution in [0.1, 0.15) is 0 Å². The number of aromatic nitrogens is 3. The number of pyridine rings is 1. The Morgan fingerprint density at radius 3 is 3.00 bits per heavy atom. The number of H-pyrrole nitrogens is 1. The molecule has 0 aliphatic rings. The molecular weight excluding hydrogens is 218 g/mol. The quantitative estimate of drug-likeness (QED) is 0.660. The van der Waals surface area contributed by atoms with Gasteiger partial charge in [0.2, 0.25) is 0 Å². The van der Waals surface area contributed by atoms with Gasteiger partial charge in [-0.05, 0) is 18.2 Å². The minimum atomic E-state index is -0.214. The summed E-state index contributed by atoms with van der Waals surface area (Å²) in [4.78, 5) is 19.0. The van der Waals surface area contributed by atoms with E-state index in [1.807, 2.05) is 0 Å². The molecule has 0 aliphatic heterocycles. The van der Waals surface area contributed by atoms with E-state index in [0.717, 1.165) is 0 Å². The molecular formula is C12H9N3O2. The van der Waals surface area contributed by atoms with Gasteiger partial charge < -0.3 is 10.1 Å². The Morgan fingerprint density at radius 2 is 2.18 bits per heavy atom. The third-order valence-electron chi connectivity index (χ3n) is 2.59. The van der Waals surface area contributed by atoms with Crippen molar-refractivity contribution in [3.05, 3.63) is 53.2 Å². The van der Waals surface area contributed by atoms with Crippen LogP contribution < -0.4 is 5.56 Å². The normalized spacial score (nSPS) is 10.8. The first-order chi connectivity index (χ1) is 8.25. The molecule has 0 saturated carbocycles. The zero-order chi connectivity index (χ0) is 11.8. The number of aromatic amines is 1. The highest BCUT2D eigenvalue weighted by Gasteiger charge is 2.06. The van der Waals surface area contributed by atoms with E-state index in [-0.39, 0.29) is 11.3 Å². The van der Waals surface area contributed by atoms with Crippen molar-refractivity contribution in [2.45, 2.75) is 0 Å². The summed E-state index contributed by atoms with van der Waals surface area (Å²) >= 11 is 0. The summed E-state index contributed by atoms with van der Waals surface area (Å²) in [6.07, 6.45) is 3.14. The van der Waals surface area contributed by atoms with Gasteiger partial charge in [-0.25, -0.2) is 4.98 Å². The number of aromatic hydroxyl groups is 1. The van der Waals surface area contributed by atoms with E-state index in [1.54, 1.807) is 30.5 Å². The van der Waals surface area contributed by atoms with E-state index in [0.29, 0.717) is 16.7 Å².